The van der Waals surface area contributed by atoms with Gasteiger partial charge >= 0.3 is 27.6 Å². The van der Waals surface area contributed by atoms with Crippen LogP contribution in [0.3, 0.4) is 0 Å². The van der Waals surface area contributed by atoms with E-state index in [1.807, 2.05) is 36.5 Å². The molecule has 0 heterocycles. The number of carbonyl (C=O) groups is 2. The maximum Gasteiger partial charge on any atom is 0.472 e. The molecule has 16 heteroatoms. The van der Waals surface area contributed by atoms with Gasteiger partial charge in [0.1, 0.15) is 12.7 Å². The largest absolute Gasteiger partial charge is 0.472 e. The summed E-state index contributed by atoms with van der Waals surface area (Å²) in [4.78, 5) is 52.8. The van der Waals surface area contributed by atoms with E-state index in [0.717, 1.165) is 38.0 Å². The predicted octanol–water partition coefficient (Wildman–Crippen LogP) is 11.1. The molecule has 0 fully saturated rings. The second-order valence-corrected chi connectivity index (χ2v) is 19.1. The van der Waals surface area contributed by atoms with Crippen LogP contribution in [0.5, 0.6) is 0 Å². The Balaban J connectivity index is 4.61. The molecule has 0 aliphatic rings. The highest BCUT2D eigenvalue weighted by molar-refractivity contribution is 7.47. The Hall–Kier alpha value is -1.96. The van der Waals surface area contributed by atoms with E-state index in [1.165, 1.54) is 83.5 Å². The van der Waals surface area contributed by atoms with Gasteiger partial charge in [-0.15, -0.1) is 0 Å². The Bertz CT molecular complexity index is 1310. The van der Waals surface area contributed by atoms with E-state index < -0.39 is 72.3 Å². The van der Waals surface area contributed by atoms with Crippen LogP contribution in [-0.2, 0) is 41.8 Å². The molecule has 0 bridgehead atoms. The highest BCUT2D eigenvalue weighted by Crippen LogP contribution is 2.43. The fourth-order valence-corrected chi connectivity index (χ4v) is 7.29. The third-order valence-electron chi connectivity index (χ3n) is 9.72. The predicted molar refractivity (Wildman–Crippen MR) is 245 cm³/mol. The van der Waals surface area contributed by atoms with Gasteiger partial charge in [0.25, 0.3) is 0 Å². The Morgan fingerprint density at radius 3 is 1.74 bits per heavy atom. The van der Waals surface area contributed by atoms with Crippen molar-refractivity contribution >= 4 is 27.6 Å². The van der Waals surface area contributed by atoms with Crippen LogP contribution in [0.1, 0.15) is 181 Å². The number of phosphoric acid groups is 2. The number of unbranched alkanes of at least 4 members (excludes halogenated alkanes) is 17. The number of aliphatic hydroxyl groups excluding tert-OH is 2. The molecule has 0 aromatic carbocycles. The first-order chi connectivity index (χ1) is 29.6. The summed E-state index contributed by atoms with van der Waals surface area (Å²) in [5.41, 5.74) is 0. The number of rotatable bonds is 43. The van der Waals surface area contributed by atoms with Crippen molar-refractivity contribution in [3.8, 4) is 0 Å². The van der Waals surface area contributed by atoms with Gasteiger partial charge in [0.15, 0.2) is 6.10 Å². The lowest BCUT2D eigenvalue weighted by Gasteiger charge is -2.20. The Labute approximate surface area is 373 Å². The van der Waals surface area contributed by atoms with E-state index in [0.29, 0.717) is 32.1 Å². The van der Waals surface area contributed by atoms with Crippen LogP contribution in [0.25, 0.3) is 0 Å². The first-order valence-corrected chi connectivity index (χ1v) is 26.3. The molecule has 14 nitrogen and oxygen atoms in total. The number of esters is 2. The van der Waals surface area contributed by atoms with E-state index in [1.54, 1.807) is 6.08 Å². The van der Waals surface area contributed by atoms with Gasteiger partial charge in [0.2, 0.25) is 0 Å². The summed E-state index contributed by atoms with van der Waals surface area (Å²) in [5, 5.41) is 19.8. The number of phosphoric ester groups is 2. The molecule has 0 saturated heterocycles. The van der Waals surface area contributed by atoms with E-state index in [9.17, 15) is 33.8 Å². The van der Waals surface area contributed by atoms with Crippen molar-refractivity contribution < 1.29 is 66.7 Å². The fourth-order valence-electron chi connectivity index (χ4n) is 6.14. The van der Waals surface area contributed by atoms with Crippen LogP contribution in [0.4, 0.5) is 0 Å². The molecule has 0 amide bonds. The van der Waals surface area contributed by atoms with Gasteiger partial charge in [-0.2, -0.15) is 0 Å². The first-order valence-electron chi connectivity index (χ1n) is 23.3. The summed E-state index contributed by atoms with van der Waals surface area (Å²) >= 11 is 0. The van der Waals surface area contributed by atoms with Crippen LogP contribution in [0.15, 0.2) is 48.6 Å². The standard InChI is InChI=1S/C46H84O14P2/c1-4-5-6-7-17-23-28-33-42(47)34-29-24-19-16-21-25-30-35-45(49)56-39-44(40-59-62(54,55)58-38-43(48)37-57-61(51,52)53)60-46(50)36-31-26-20-15-13-11-9-8-10-12-14-18-22-27-32-41(2)3/h16-17,21,23-24,28-29,33,41-44,47-48H,4-15,18-20,22,25-27,30-32,34-40H2,1-3H3,(H,54,55)(H2,51,52,53)/b21-16+,23-17-,29-24-,33-28-/t42-,43+,44-/m1/s1. The minimum atomic E-state index is -4.88. The zero-order valence-corrected chi connectivity index (χ0v) is 40.0. The molecular formula is C46H84O14P2. The maximum absolute atomic E-state index is 12.7. The second-order valence-electron chi connectivity index (χ2n) is 16.4. The van der Waals surface area contributed by atoms with Gasteiger partial charge < -0.3 is 34.4 Å². The summed E-state index contributed by atoms with van der Waals surface area (Å²) < 4.78 is 47.8. The minimum Gasteiger partial charge on any atom is -0.462 e. The topological polar surface area (TPSA) is 216 Å². The summed E-state index contributed by atoms with van der Waals surface area (Å²) in [6, 6.07) is 0. The number of allylic oxidation sites excluding steroid dienone is 6. The summed E-state index contributed by atoms with van der Waals surface area (Å²) in [5.74, 6) is -0.333. The third-order valence-corrected chi connectivity index (χ3v) is 11.2. The molecule has 362 valence electrons. The van der Waals surface area contributed by atoms with Gasteiger partial charge in [-0.3, -0.25) is 23.2 Å². The van der Waals surface area contributed by atoms with Crippen LogP contribution < -0.4 is 0 Å². The van der Waals surface area contributed by atoms with Crippen LogP contribution in [0, 0.1) is 5.92 Å². The average molecular weight is 923 g/mol. The Morgan fingerprint density at radius 2 is 1.13 bits per heavy atom. The van der Waals surface area contributed by atoms with Crippen molar-refractivity contribution in [1.82, 2.24) is 0 Å². The monoisotopic (exact) mass is 923 g/mol. The molecule has 0 aliphatic carbocycles. The molecule has 0 saturated carbocycles. The van der Waals surface area contributed by atoms with E-state index in [4.69, 9.17) is 23.8 Å². The van der Waals surface area contributed by atoms with Gasteiger partial charge in [0, 0.05) is 12.8 Å². The SMILES string of the molecule is CCCCC/C=C\C=C/[C@@H](O)C/C=C\C/C=C/CCCC(=O)OC[C@H](COP(=O)(O)OC[C@@H](O)COP(=O)(O)O)OC(=O)CCCCCCCCCCCCCCCCC(C)C. The highest BCUT2D eigenvalue weighted by Gasteiger charge is 2.28. The minimum absolute atomic E-state index is 0.0855. The molecule has 0 radical (unpaired) electrons. The number of aliphatic hydroxyl groups is 2. The molecule has 0 aromatic heterocycles. The lowest BCUT2D eigenvalue weighted by atomic mass is 10.0. The number of ether oxygens (including phenoxy) is 2. The lowest BCUT2D eigenvalue weighted by Crippen LogP contribution is -2.30. The molecule has 4 atom stereocenters. The van der Waals surface area contributed by atoms with Gasteiger partial charge in [-0.05, 0) is 50.9 Å². The summed E-state index contributed by atoms with van der Waals surface area (Å²) in [6.45, 7) is 3.92. The number of hydrogen-bond acceptors (Lipinski definition) is 11. The quantitative estimate of drug-likeness (QED) is 0.0126. The van der Waals surface area contributed by atoms with Crippen molar-refractivity contribution in [3.63, 3.8) is 0 Å². The zero-order valence-electron chi connectivity index (χ0n) is 38.2. The van der Waals surface area contributed by atoms with Crippen molar-refractivity contribution in [3.05, 3.63) is 48.6 Å². The van der Waals surface area contributed by atoms with E-state index >= 15 is 0 Å². The van der Waals surface area contributed by atoms with Crippen LogP contribution >= 0.6 is 15.6 Å². The van der Waals surface area contributed by atoms with Crippen molar-refractivity contribution in [2.45, 2.75) is 200 Å². The molecule has 0 spiro atoms. The molecule has 0 aliphatic heterocycles. The third kappa shape index (κ3) is 44.6. The smallest absolute Gasteiger partial charge is 0.462 e. The zero-order chi connectivity index (χ0) is 46.2. The lowest BCUT2D eigenvalue weighted by molar-refractivity contribution is -0.161. The molecular weight excluding hydrogens is 838 g/mol. The van der Waals surface area contributed by atoms with Crippen LogP contribution in [0.2, 0.25) is 0 Å². The molecule has 62 heavy (non-hydrogen) atoms. The number of carbonyl (C=O) groups excluding carboxylic acids is 2. The fraction of sp³-hybridized carbons (Fsp3) is 0.783. The van der Waals surface area contributed by atoms with Crippen molar-refractivity contribution in [2.75, 3.05) is 26.4 Å². The Kier molecular flexibility index (Phi) is 39.3. The first kappa shape index (κ1) is 60.0. The average Bonchev–Trinajstić information content (AvgIpc) is 3.21. The van der Waals surface area contributed by atoms with E-state index in [-0.39, 0.29) is 12.8 Å². The van der Waals surface area contributed by atoms with Crippen molar-refractivity contribution in [1.29, 1.82) is 0 Å². The Morgan fingerprint density at radius 1 is 0.581 bits per heavy atom. The number of hydrogen-bond donors (Lipinski definition) is 5. The molecule has 0 aromatic rings. The van der Waals surface area contributed by atoms with Crippen molar-refractivity contribution in [2.24, 2.45) is 5.92 Å². The normalized spacial score (nSPS) is 15.0. The highest BCUT2D eigenvalue weighted by atomic mass is 31.2. The summed E-state index contributed by atoms with van der Waals surface area (Å²) in [6.07, 6.45) is 37.0. The van der Waals surface area contributed by atoms with Gasteiger partial charge in [-0.25, -0.2) is 9.13 Å². The molecule has 5 N–H and O–H groups in total. The molecule has 0 rings (SSSR count). The summed E-state index contributed by atoms with van der Waals surface area (Å²) in [7, 11) is -9.71. The van der Waals surface area contributed by atoms with Gasteiger partial charge in [0.05, 0.1) is 25.9 Å². The maximum atomic E-state index is 12.7. The van der Waals surface area contributed by atoms with E-state index in [2.05, 4.69) is 35.9 Å². The molecule has 1 unspecified atom stereocenters. The second kappa shape index (κ2) is 40.5. The van der Waals surface area contributed by atoms with Crippen LogP contribution in [-0.4, -0.2) is 81.6 Å². The van der Waals surface area contributed by atoms with Gasteiger partial charge in [-0.1, -0.05) is 172 Å².